The Hall–Kier alpha value is -2.82. The van der Waals surface area contributed by atoms with Gasteiger partial charge in [0.25, 0.3) is 0 Å². The SMILES string of the molecule is C=C(C)C(=O)Oc1c2c(c(OC(=O)OC)c3ccccc13)CCCC2. The van der Waals surface area contributed by atoms with E-state index in [2.05, 4.69) is 11.3 Å². The number of hydrogen-bond donors (Lipinski definition) is 0. The molecule has 5 nitrogen and oxygen atoms in total. The van der Waals surface area contributed by atoms with Crippen molar-refractivity contribution in [3.05, 3.63) is 47.5 Å². The van der Waals surface area contributed by atoms with Gasteiger partial charge in [-0.05, 0) is 32.6 Å². The van der Waals surface area contributed by atoms with Gasteiger partial charge in [0.15, 0.2) is 0 Å². The lowest BCUT2D eigenvalue weighted by Gasteiger charge is -2.24. The monoisotopic (exact) mass is 340 g/mol. The highest BCUT2D eigenvalue weighted by atomic mass is 16.7. The molecule has 1 aliphatic rings. The molecule has 0 radical (unpaired) electrons. The molecule has 0 bridgehead atoms. The minimum atomic E-state index is -0.760. The quantitative estimate of drug-likeness (QED) is 0.360. The Bertz CT molecular complexity index is 866. The van der Waals surface area contributed by atoms with Crippen LogP contribution in [0, 0.1) is 0 Å². The van der Waals surface area contributed by atoms with Gasteiger partial charge in [-0.3, -0.25) is 0 Å². The highest BCUT2D eigenvalue weighted by molar-refractivity contribution is 6.00. The van der Waals surface area contributed by atoms with Gasteiger partial charge in [-0.15, -0.1) is 0 Å². The molecular weight excluding hydrogens is 320 g/mol. The fourth-order valence-electron chi connectivity index (χ4n) is 3.15. The molecule has 0 saturated heterocycles. The number of benzene rings is 2. The van der Waals surface area contributed by atoms with Crippen LogP contribution in [0.1, 0.15) is 30.9 Å². The summed E-state index contributed by atoms with van der Waals surface area (Å²) in [7, 11) is 1.28. The molecule has 0 saturated carbocycles. The lowest BCUT2D eigenvalue weighted by Crippen LogP contribution is -2.16. The van der Waals surface area contributed by atoms with Crippen LogP contribution in [-0.2, 0) is 22.4 Å². The molecule has 0 aromatic heterocycles. The van der Waals surface area contributed by atoms with Crippen LogP contribution in [0.3, 0.4) is 0 Å². The number of ether oxygens (including phenoxy) is 3. The Balaban J connectivity index is 2.26. The van der Waals surface area contributed by atoms with Crippen molar-refractivity contribution < 1.29 is 23.8 Å². The molecule has 25 heavy (non-hydrogen) atoms. The van der Waals surface area contributed by atoms with Gasteiger partial charge in [-0.1, -0.05) is 30.8 Å². The Kier molecular flexibility index (Phi) is 4.74. The summed E-state index contributed by atoms with van der Waals surface area (Å²) in [5.41, 5.74) is 2.15. The van der Waals surface area contributed by atoms with E-state index >= 15 is 0 Å². The third kappa shape index (κ3) is 3.22. The highest BCUT2D eigenvalue weighted by Crippen LogP contribution is 2.44. The zero-order valence-corrected chi connectivity index (χ0v) is 14.4. The maximum atomic E-state index is 12.1. The van der Waals surface area contributed by atoms with Gasteiger partial charge < -0.3 is 14.2 Å². The predicted octanol–water partition coefficient (Wildman–Crippen LogP) is 4.35. The number of methoxy groups -OCH3 is 1. The molecule has 0 aliphatic heterocycles. The zero-order valence-electron chi connectivity index (χ0n) is 14.4. The minimum absolute atomic E-state index is 0.337. The fraction of sp³-hybridized carbons (Fsp3) is 0.300. The molecule has 0 unspecified atom stereocenters. The summed E-state index contributed by atoms with van der Waals surface area (Å²) in [6, 6.07) is 7.42. The smallest absolute Gasteiger partial charge is 0.437 e. The van der Waals surface area contributed by atoms with E-state index < -0.39 is 12.1 Å². The van der Waals surface area contributed by atoms with E-state index in [1.54, 1.807) is 6.92 Å². The predicted molar refractivity (Wildman–Crippen MR) is 94.1 cm³/mol. The number of fused-ring (bicyclic) bond motifs is 2. The van der Waals surface area contributed by atoms with Crippen LogP contribution in [0.4, 0.5) is 4.79 Å². The Morgan fingerprint density at radius 1 is 0.960 bits per heavy atom. The van der Waals surface area contributed by atoms with Crippen molar-refractivity contribution in [3.8, 4) is 11.5 Å². The molecular formula is C20H20O5. The van der Waals surface area contributed by atoms with E-state index in [1.807, 2.05) is 24.3 Å². The number of carbonyl (C=O) groups is 2. The second-order valence-corrected chi connectivity index (χ2v) is 6.09. The van der Waals surface area contributed by atoms with E-state index in [-0.39, 0.29) is 0 Å². The van der Waals surface area contributed by atoms with Crippen LogP contribution < -0.4 is 9.47 Å². The Morgan fingerprint density at radius 3 is 1.96 bits per heavy atom. The van der Waals surface area contributed by atoms with Crippen molar-refractivity contribution in [1.29, 1.82) is 0 Å². The first-order valence-corrected chi connectivity index (χ1v) is 8.23. The Morgan fingerprint density at radius 2 is 1.48 bits per heavy atom. The molecule has 0 spiro atoms. The largest absolute Gasteiger partial charge is 0.513 e. The molecule has 130 valence electrons. The third-order valence-electron chi connectivity index (χ3n) is 4.33. The fourth-order valence-corrected chi connectivity index (χ4v) is 3.15. The number of carbonyl (C=O) groups excluding carboxylic acids is 2. The third-order valence-corrected chi connectivity index (χ3v) is 4.33. The lowest BCUT2D eigenvalue weighted by molar-refractivity contribution is -0.130. The van der Waals surface area contributed by atoms with E-state index in [4.69, 9.17) is 9.47 Å². The van der Waals surface area contributed by atoms with Crippen molar-refractivity contribution >= 4 is 22.9 Å². The maximum Gasteiger partial charge on any atom is 0.513 e. The summed E-state index contributed by atoms with van der Waals surface area (Å²) in [6.45, 7) is 5.27. The maximum absolute atomic E-state index is 12.1. The molecule has 1 aliphatic carbocycles. The van der Waals surface area contributed by atoms with Gasteiger partial charge in [-0.2, -0.15) is 0 Å². The normalized spacial score (nSPS) is 13.0. The first kappa shape index (κ1) is 17.0. The first-order valence-electron chi connectivity index (χ1n) is 8.23. The van der Waals surface area contributed by atoms with Gasteiger partial charge in [-0.25, -0.2) is 9.59 Å². The van der Waals surface area contributed by atoms with Gasteiger partial charge >= 0.3 is 12.1 Å². The topological polar surface area (TPSA) is 61.8 Å². The summed E-state index contributed by atoms with van der Waals surface area (Å²) in [5, 5.41) is 1.45. The molecule has 0 atom stereocenters. The molecule has 0 fully saturated rings. The molecule has 0 heterocycles. The molecule has 2 aromatic rings. The summed E-state index contributed by atoms with van der Waals surface area (Å²) >= 11 is 0. The van der Waals surface area contributed by atoms with Crippen molar-refractivity contribution in [2.45, 2.75) is 32.6 Å². The molecule has 5 heteroatoms. The minimum Gasteiger partial charge on any atom is -0.437 e. The van der Waals surface area contributed by atoms with Crippen molar-refractivity contribution in [2.24, 2.45) is 0 Å². The van der Waals surface area contributed by atoms with Crippen LogP contribution >= 0.6 is 0 Å². The van der Waals surface area contributed by atoms with Gasteiger partial charge in [0.2, 0.25) is 0 Å². The second kappa shape index (κ2) is 6.97. The lowest BCUT2D eigenvalue weighted by atomic mass is 9.87. The summed E-state index contributed by atoms with van der Waals surface area (Å²) in [5.74, 6) is 0.572. The Labute approximate surface area is 146 Å². The van der Waals surface area contributed by atoms with Gasteiger partial charge in [0.05, 0.1) is 7.11 Å². The number of rotatable bonds is 3. The van der Waals surface area contributed by atoms with Crippen LogP contribution in [-0.4, -0.2) is 19.2 Å². The standard InChI is InChI=1S/C20H20O5/c1-12(2)19(21)24-17-13-8-4-6-10-15(13)18(25-20(22)23-3)16-11-7-5-9-14(16)17/h4,6,8,10H,1,5,7,9,11H2,2-3H3. The molecule has 3 rings (SSSR count). The van der Waals surface area contributed by atoms with Gasteiger partial charge in [0.1, 0.15) is 11.5 Å². The number of hydrogen-bond acceptors (Lipinski definition) is 5. The average Bonchev–Trinajstić information content (AvgIpc) is 2.63. The van der Waals surface area contributed by atoms with Gasteiger partial charge in [0, 0.05) is 27.5 Å². The first-order chi connectivity index (χ1) is 12.0. The summed E-state index contributed by atoms with van der Waals surface area (Å²) < 4.78 is 15.8. The van der Waals surface area contributed by atoms with Crippen molar-refractivity contribution in [1.82, 2.24) is 0 Å². The van der Waals surface area contributed by atoms with E-state index in [9.17, 15) is 9.59 Å². The number of esters is 1. The van der Waals surface area contributed by atoms with Crippen molar-refractivity contribution in [3.63, 3.8) is 0 Å². The molecule has 0 N–H and O–H groups in total. The molecule has 0 amide bonds. The van der Waals surface area contributed by atoms with Crippen LogP contribution in [0.2, 0.25) is 0 Å². The van der Waals surface area contributed by atoms with Crippen molar-refractivity contribution in [2.75, 3.05) is 7.11 Å². The average molecular weight is 340 g/mol. The van der Waals surface area contributed by atoms with E-state index in [1.165, 1.54) is 7.11 Å². The second-order valence-electron chi connectivity index (χ2n) is 6.09. The summed E-state index contributed by atoms with van der Waals surface area (Å²) in [4.78, 5) is 23.8. The highest BCUT2D eigenvalue weighted by Gasteiger charge is 2.26. The van der Waals surface area contributed by atoms with Crippen LogP contribution in [0.25, 0.3) is 10.8 Å². The summed E-state index contributed by atoms with van der Waals surface area (Å²) in [6.07, 6.45) is 2.72. The van der Waals surface area contributed by atoms with Crippen LogP contribution in [0.5, 0.6) is 11.5 Å². The van der Waals surface area contributed by atoms with E-state index in [0.717, 1.165) is 47.6 Å². The van der Waals surface area contributed by atoms with Crippen LogP contribution in [0.15, 0.2) is 36.4 Å². The van der Waals surface area contributed by atoms with E-state index in [0.29, 0.717) is 17.1 Å². The molecule has 2 aromatic carbocycles. The zero-order chi connectivity index (χ0) is 18.0.